The zero-order chi connectivity index (χ0) is 29.4. The molecule has 0 fully saturated rings. The van der Waals surface area contributed by atoms with Crippen molar-refractivity contribution in [1.82, 2.24) is 30.4 Å². The first-order valence-electron chi connectivity index (χ1n) is 12.9. The maximum atomic E-state index is 14.8. The third kappa shape index (κ3) is 7.70. The zero-order valence-electron chi connectivity index (χ0n) is 22.5. The van der Waals surface area contributed by atoms with Gasteiger partial charge in [0, 0.05) is 36.7 Å². The predicted molar refractivity (Wildman–Crippen MR) is 153 cm³/mol. The fraction of sp³-hybridized carbons (Fsp3) is 0.200. The molecule has 41 heavy (non-hydrogen) atoms. The van der Waals surface area contributed by atoms with Gasteiger partial charge < -0.3 is 10.2 Å². The molecular weight excluding hydrogens is 547 g/mol. The van der Waals surface area contributed by atoms with Gasteiger partial charge in [0.1, 0.15) is 12.1 Å². The molecule has 0 unspecified atom stereocenters. The topological polar surface area (TPSA) is 110 Å². The van der Waals surface area contributed by atoms with E-state index in [4.69, 9.17) is 11.6 Å². The molecule has 11 heteroatoms. The number of halogens is 2. The van der Waals surface area contributed by atoms with Crippen LogP contribution in [0.1, 0.15) is 34.0 Å². The van der Waals surface area contributed by atoms with Crippen molar-refractivity contribution < 1.29 is 18.8 Å². The molecule has 0 aliphatic heterocycles. The van der Waals surface area contributed by atoms with Gasteiger partial charge in [-0.05, 0) is 71.3 Å². The van der Waals surface area contributed by atoms with Crippen molar-refractivity contribution in [2.75, 3.05) is 13.6 Å². The number of hydrogen-bond donors (Lipinski definition) is 1. The smallest absolute Gasteiger partial charge is 0.256 e. The molecule has 0 spiro atoms. The van der Waals surface area contributed by atoms with Gasteiger partial charge in [-0.2, -0.15) is 4.68 Å². The van der Waals surface area contributed by atoms with E-state index in [-0.39, 0.29) is 24.2 Å². The lowest BCUT2D eigenvalue weighted by atomic mass is 9.97. The summed E-state index contributed by atoms with van der Waals surface area (Å²) in [6.07, 6.45) is 4.39. The molecule has 3 aromatic carbocycles. The second-order valence-electron chi connectivity index (χ2n) is 9.32. The molecule has 2 amide bonds. The molecule has 0 radical (unpaired) electrons. The van der Waals surface area contributed by atoms with Crippen LogP contribution in [-0.2, 0) is 22.4 Å². The number of tetrazole rings is 1. The van der Waals surface area contributed by atoms with E-state index in [2.05, 4.69) is 20.8 Å². The van der Waals surface area contributed by atoms with Crippen molar-refractivity contribution >= 4 is 35.3 Å². The number of ketones is 1. The van der Waals surface area contributed by atoms with Crippen LogP contribution in [0.5, 0.6) is 0 Å². The van der Waals surface area contributed by atoms with Gasteiger partial charge in [0.2, 0.25) is 5.91 Å². The molecule has 0 bridgehead atoms. The molecule has 0 saturated carbocycles. The molecule has 1 N–H and O–H groups in total. The number of nitrogens with zero attached hydrogens (tertiary/aromatic N) is 5. The van der Waals surface area contributed by atoms with Crippen LogP contribution in [0.3, 0.4) is 0 Å². The van der Waals surface area contributed by atoms with E-state index in [0.717, 1.165) is 5.56 Å². The van der Waals surface area contributed by atoms with E-state index in [1.54, 1.807) is 44.3 Å². The van der Waals surface area contributed by atoms with E-state index in [0.29, 0.717) is 28.4 Å². The Morgan fingerprint density at radius 3 is 2.54 bits per heavy atom. The lowest BCUT2D eigenvalue weighted by molar-refractivity contribution is -0.125. The van der Waals surface area contributed by atoms with Gasteiger partial charge in [-0.25, -0.2) is 4.39 Å². The highest BCUT2D eigenvalue weighted by molar-refractivity contribution is 6.30. The fourth-order valence-electron chi connectivity index (χ4n) is 4.14. The van der Waals surface area contributed by atoms with Crippen LogP contribution >= 0.6 is 11.6 Å². The normalized spacial score (nSPS) is 11.8. The van der Waals surface area contributed by atoms with Crippen molar-refractivity contribution in [3.05, 3.63) is 112 Å². The van der Waals surface area contributed by atoms with Crippen LogP contribution in [-0.4, -0.2) is 62.3 Å². The minimum atomic E-state index is -0.886. The molecule has 0 saturated heterocycles. The Labute approximate surface area is 241 Å². The van der Waals surface area contributed by atoms with Gasteiger partial charge in [0.05, 0.1) is 17.3 Å². The highest BCUT2D eigenvalue weighted by Gasteiger charge is 2.22. The van der Waals surface area contributed by atoms with Crippen molar-refractivity contribution in [1.29, 1.82) is 0 Å². The van der Waals surface area contributed by atoms with E-state index in [1.165, 1.54) is 34.1 Å². The summed E-state index contributed by atoms with van der Waals surface area (Å²) >= 11 is 6.16. The Bertz CT molecular complexity index is 1560. The van der Waals surface area contributed by atoms with E-state index >= 15 is 0 Å². The largest absolute Gasteiger partial charge is 0.342 e. The highest BCUT2D eigenvalue weighted by Crippen LogP contribution is 2.20. The Hall–Kier alpha value is -4.70. The fourth-order valence-corrected chi connectivity index (χ4v) is 4.32. The van der Waals surface area contributed by atoms with E-state index in [1.807, 2.05) is 30.3 Å². The predicted octanol–water partition coefficient (Wildman–Crippen LogP) is 4.10. The first kappa shape index (κ1) is 29.3. The average Bonchev–Trinajstić information content (AvgIpc) is 3.50. The van der Waals surface area contributed by atoms with Crippen LogP contribution < -0.4 is 5.32 Å². The molecule has 1 heterocycles. The molecule has 1 aromatic heterocycles. The number of benzene rings is 3. The monoisotopic (exact) mass is 574 g/mol. The van der Waals surface area contributed by atoms with Crippen molar-refractivity contribution in [3.63, 3.8) is 0 Å². The summed E-state index contributed by atoms with van der Waals surface area (Å²) in [5.41, 5.74) is 2.38. The molecule has 0 aliphatic rings. The third-order valence-corrected chi connectivity index (χ3v) is 6.69. The summed E-state index contributed by atoms with van der Waals surface area (Å²) in [6.45, 7) is 2.23. The molecule has 4 rings (SSSR count). The van der Waals surface area contributed by atoms with Crippen molar-refractivity contribution in [3.8, 4) is 5.69 Å². The summed E-state index contributed by atoms with van der Waals surface area (Å²) in [5.74, 6) is -1.95. The molecule has 1 atom stereocenters. The number of nitrogens with one attached hydrogen (secondary N) is 1. The summed E-state index contributed by atoms with van der Waals surface area (Å²) in [6, 6.07) is 17.6. The molecule has 9 nitrogen and oxygen atoms in total. The molecule has 210 valence electrons. The molecule has 4 aromatic rings. The van der Waals surface area contributed by atoms with E-state index < -0.39 is 23.7 Å². The molecule has 0 aliphatic carbocycles. The summed E-state index contributed by atoms with van der Waals surface area (Å²) < 4.78 is 16.2. The number of rotatable bonds is 11. The number of Topliss-reactive ketones (excluding diaryl/α,β-unsaturated/α-hetero) is 1. The van der Waals surface area contributed by atoms with Gasteiger partial charge >= 0.3 is 0 Å². The number of carbonyl (C=O) groups is 3. The first-order valence-corrected chi connectivity index (χ1v) is 13.2. The summed E-state index contributed by atoms with van der Waals surface area (Å²) in [7, 11) is 1.59. The van der Waals surface area contributed by atoms with Gasteiger partial charge in [-0.15, -0.1) is 5.10 Å². The zero-order valence-corrected chi connectivity index (χ0v) is 23.3. The highest BCUT2D eigenvalue weighted by atomic mass is 35.5. The second-order valence-corrected chi connectivity index (χ2v) is 9.75. The van der Waals surface area contributed by atoms with Gasteiger partial charge in [-0.1, -0.05) is 48.0 Å². The minimum Gasteiger partial charge on any atom is -0.342 e. The SMILES string of the molecule is CCN(C)C(=O)c1ccc(CC(=O)[C@H](Cc2ccccc2)NC(=O)/C=C/c2cc(Cl)ccc2-n2cnnn2)cc1F. The second kappa shape index (κ2) is 13.6. The van der Waals surface area contributed by atoms with Gasteiger partial charge in [0.15, 0.2) is 5.78 Å². The van der Waals surface area contributed by atoms with Crippen LogP contribution in [0.15, 0.2) is 79.1 Å². The van der Waals surface area contributed by atoms with Crippen LogP contribution in [0, 0.1) is 5.82 Å². The standard InChI is InChI=1S/C30H28ClFN6O3/c1-3-37(2)30(41)24-12-9-21(15-25(24)32)17-28(39)26(16-20-7-5-4-6-8-20)34-29(40)14-10-22-18-23(31)11-13-27(22)38-19-33-35-36-38/h4-15,18-19,26H,3,16-17H2,1-2H3,(H,34,40)/b14-10+/t26-/m0/s1. The van der Waals surface area contributed by atoms with Crippen molar-refractivity contribution in [2.24, 2.45) is 0 Å². The summed E-state index contributed by atoms with van der Waals surface area (Å²) in [5, 5.41) is 14.4. The van der Waals surface area contributed by atoms with Gasteiger partial charge in [0.25, 0.3) is 5.91 Å². The minimum absolute atomic E-state index is 0.0631. The first-order chi connectivity index (χ1) is 19.7. The third-order valence-electron chi connectivity index (χ3n) is 6.45. The molecular formula is C30H28ClFN6O3. The average molecular weight is 575 g/mol. The lowest BCUT2D eigenvalue weighted by Crippen LogP contribution is -2.42. The Morgan fingerprint density at radius 2 is 1.85 bits per heavy atom. The lowest BCUT2D eigenvalue weighted by Gasteiger charge is -2.18. The summed E-state index contributed by atoms with van der Waals surface area (Å²) in [4.78, 5) is 40.2. The number of carbonyl (C=O) groups excluding carboxylic acids is 3. The Kier molecular flexibility index (Phi) is 9.70. The number of amides is 2. The van der Waals surface area contributed by atoms with Crippen LogP contribution in [0.2, 0.25) is 5.02 Å². The van der Waals surface area contributed by atoms with Crippen LogP contribution in [0.4, 0.5) is 4.39 Å². The Balaban J connectivity index is 1.52. The quantitative estimate of drug-likeness (QED) is 0.270. The van der Waals surface area contributed by atoms with Crippen LogP contribution in [0.25, 0.3) is 11.8 Å². The maximum Gasteiger partial charge on any atom is 0.256 e. The Morgan fingerprint density at radius 1 is 1.07 bits per heavy atom. The number of aromatic nitrogens is 4. The maximum absolute atomic E-state index is 14.8. The van der Waals surface area contributed by atoms with Crippen molar-refractivity contribution in [2.45, 2.75) is 25.8 Å². The number of hydrogen-bond acceptors (Lipinski definition) is 6. The van der Waals surface area contributed by atoms with Gasteiger partial charge in [-0.3, -0.25) is 14.4 Å². The van der Waals surface area contributed by atoms with E-state index in [9.17, 15) is 18.8 Å².